The molecule has 1 atom stereocenters. The molecule has 9 heteroatoms. The van der Waals surface area contributed by atoms with Gasteiger partial charge in [0.2, 0.25) is 0 Å². The van der Waals surface area contributed by atoms with E-state index in [-0.39, 0.29) is 12.6 Å². The van der Waals surface area contributed by atoms with Crippen molar-refractivity contribution < 1.29 is 14.3 Å². The molecule has 0 spiro atoms. The van der Waals surface area contributed by atoms with Crippen LogP contribution in [0.5, 0.6) is 0 Å². The van der Waals surface area contributed by atoms with Crippen LogP contribution in [0, 0.1) is 0 Å². The summed E-state index contributed by atoms with van der Waals surface area (Å²) in [6.45, 7) is 3.77. The Labute approximate surface area is 142 Å². The Morgan fingerprint density at radius 1 is 1.42 bits per heavy atom. The number of nitrogens with zero attached hydrogens (tertiary/aromatic N) is 3. The summed E-state index contributed by atoms with van der Waals surface area (Å²) in [5.41, 5.74) is 1.70. The van der Waals surface area contributed by atoms with Crippen molar-refractivity contribution in [2.45, 2.75) is 25.0 Å². The number of urea groups is 1. The van der Waals surface area contributed by atoms with E-state index in [1.54, 1.807) is 13.8 Å². The minimum Gasteiger partial charge on any atom is -0.463 e. The number of ether oxygens (including phenoxy) is 1. The maximum Gasteiger partial charge on any atom is 0.337 e. The van der Waals surface area contributed by atoms with Crippen LogP contribution in [-0.4, -0.2) is 45.0 Å². The lowest BCUT2D eigenvalue weighted by Crippen LogP contribution is -2.49. The zero-order valence-electron chi connectivity index (χ0n) is 13.3. The van der Waals surface area contributed by atoms with Crippen molar-refractivity contribution in [3.8, 4) is 0 Å². The van der Waals surface area contributed by atoms with Gasteiger partial charge in [-0.15, -0.1) is 10.2 Å². The smallest absolute Gasteiger partial charge is 0.337 e. The third kappa shape index (κ3) is 3.21. The summed E-state index contributed by atoms with van der Waals surface area (Å²) in [5, 5.41) is 14.3. The number of aromatic nitrogens is 3. The summed E-state index contributed by atoms with van der Waals surface area (Å²) in [7, 11) is 0. The van der Waals surface area contributed by atoms with Gasteiger partial charge in [-0.05, 0) is 26.0 Å². The predicted molar refractivity (Wildman–Crippen MR) is 88.5 cm³/mol. The van der Waals surface area contributed by atoms with Crippen molar-refractivity contribution in [2.24, 2.45) is 0 Å². The van der Waals surface area contributed by atoms with Gasteiger partial charge in [0.1, 0.15) is 0 Å². The van der Waals surface area contributed by atoms with Gasteiger partial charge >= 0.3 is 12.0 Å². The number of carbonyl (C=O) groups is 2. The highest BCUT2D eigenvalue weighted by molar-refractivity contribution is 7.99. The minimum atomic E-state index is -0.431. The number of fused-ring (bicyclic) bond motifs is 1. The predicted octanol–water partition coefficient (Wildman–Crippen LogP) is 1.34. The van der Waals surface area contributed by atoms with E-state index < -0.39 is 12.0 Å². The summed E-state index contributed by atoms with van der Waals surface area (Å²) in [6.07, 6.45) is 1.86. The molecule has 2 aromatic heterocycles. The lowest BCUT2D eigenvalue weighted by molar-refractivity contribution is -0.138. The van der Waals surface area contributed by atoms with Crippen LogP contribution in [0.15, 0.2) is 40.8 Å². The van der Waals surface area contributed by atoms with E-state index in [4.69, 9.17) is 4.74 Å². The number of hydrogen-bond acceptors (Lipinski definition) is 6. The summed E-state index contributed by atoms with van der Waals surface area (Å²) >= 11 is 1.39. The normalized spacial score (nSPS) is 17.6. The second-order valence-electron chi connectivity index (χ2n) is 5.13. The summed E-state index contributed by atoms with van der Waals surface area (Å²) in [6, 6.07) is 4.88. The van der Waals surface area contributed by atoms with Crippen LogP contribution >= 0.6 is 11.8 Å². The second kappa shape index (κ2) is 6.91. The molecule has 0 bridgehead atoms. The van der Waals surface area contributed by atoms with E-state index in [9.17, 15) is 9.59 Å². The van der Waals surface area contributed by atoms with Crippen LogP contribution in [0.3, 0.4) is 0 Å². The van der Waals surface area contributed by atoms with Crippen molar-refractivity contribution in [3.63, 3.8) is 0 Å². The van der Waals surface area contributed by atoms with Crippen molar-refractivity contribution in [1.82, 2.24) is 25.2 Å². The molecule has 126 valence electrons. The molecule has 24 heavy (non-hydrogen) atoms. The Balaban J connectivity index is 1.85. The lowest BCUT2D eigenvalue weighted by Gasteiger charge is -2.26. The van der Waals surface area contributed by atoms with Gasteiger partial charge in [0, 0.05) is 17.6 Å². The molecular weight excluding hydrogens is 330 g/mol. The topological polar surface area (TPSA) is 97.6 Å². The third-order valence-electron chi connectivity index (χ3n) is 3.49. The van der Waals surface area contributed by atoms with Gasteiger partial charge in [-0.3, -0.25) is 4.40 Å². The van der Waals surface area contributed by atoms with Gasteiger partial charge in [0.05, 0.1) is 18.2 Å². The van der Waals surface area contributed by atoms with Crippen LogP contribution in [0.25, 0.3) is 5.65 Å². The highest BCUT2D eigenvalue weighted by Gasteiger charge is 2.29. The Hall–Kier alpha value is -2.55. The van der Waals surface area contributed by atoms with Crippen LogP contribution in [-0.2, 0) is 9.53 Å². The largest absolute Gasteiger partial charge is 0.463 e. The molecule has 2 N–H and O–H groups in total. The summed E-state index contributed by atoms with van der Waals surface area (Å²) in [5.74, 6) is -0.0547. The number of nitrogens with one attached hydrogen (secondary N) is 2. The highest BCUT2D eigenvalue weighted by atomic mass is 32.2. The quantitative estimate of drug-likeness (QED) is 0.626. The van der Waals surface area contributed by atoms with E-state index in [0.29, 0.717) is 22.2 Å². The van der Waals surface area contributed by atoms with E-state index in [1.165, 1.54) is 11.8 Å². The fourth-order valence-corrected chi connectivity index (χ4v) is 3.34. The fourth-order valence-electron chi connectivity index (χ4n) is 2.45. The summed E-state index contributed by atoms with van der Waals surface area (Å²) < 4.78 is 6.94. The molecule has 0 aromatic carbocycles. The molecule has 0 saturated heterocycles. The van der Waals surface area contributed by atoms with Gasteiger partial charge in [-0.25, -0.2) is 9.59 Å². The first-order chi connectivity index (χ1) is 11.6. The molecular formula is C15H17N5O3S. The van der Waals surface area contributed by atoms with Gasteiger partial charge in [0.15, 0.2) is 10.8 Å². The lowest BCUT2D eigenvalue weighted by atomic mass is 10.1. The van der Waals surface area contributed by atoms with Crippen LogP contribution < -0.4 is 10.6 Å². The average molecular weight is 347 g/mol. The molecule has 1 aliphatic rings. The van der Waals surface area contributed by atoms with E-state index in [1.807, 2.05) is 28.8 Å². The van der Waals surface area contributed by atoms with Gasteiger partial charge in [0.25, 0.3) is 0 Å². The van der Waals surface area contributed by atoms with Crippen LogP contribution in [0.2, 0.25) is 0 Å². The molecule has 0 aliphatic carbocycles. The molecule has 3 heterocycles. The van der Waals surface area contributed by atoms with Gasteiger partial charge in [-0.2, -0.15) is 0 Å². The Kier molecular flexibility index (Phi) is 4.70. The molecule has 1 unspecified atom stereocenters. The maximum atomic E-state index is 12.2. The van der Waals surface area contributed by atoms with Gasteiger partial charge < -0.3 is 15.4 Å². The van der Waals surface area contributed by atoms with Crippen LogP contribution in [0.1, 0.15) is 13.8 Å². The summed E-state index contributed by atoms with van der Waals surface area (Å²) in [4.78, 5) is 23.9. The van der Waals surface area contributed by atoms with E-state index >= 15 is 0 Å². The molecule has 8 nitrogen and oxygen atoms in total. The number of hydrogen-bond donors (Lipinski definition) is 2. The first-order valence-electron chi connectivity index (χ1n) is 7.50. The molecule has 2 aromatic rings. The van der Waals surface area contributed by atoms with E-state index in [2.05, 4.69) is 20.8 Å². The number of amides is 2. The highest BCUT2D eigenvalue weighted by Crippen LogP contribution is 2.23. The molecule has 0 fully saturated rings. The molecule has 2 amide bonds. The molecule has 0 radical (unpaired) electrons. The SMILES string of the molecule is CCOC(=O)C1=C(CSc2nnc3ccccn23)NC(=O)NC1C. The monoisotopic (exact) mass is 347 g/mol. The first-order valence-corrected chi connectivity index (χ1v) is 8.49. The second-order valence-corrected chi connectivity index (χ2v) is 6.08. The van der Waals surface area contributed by atoms with E-state index in [0.717, 1.165) is 5.65 Å². The maximum absolute atomic E-state index is 12.2. The van der Waals surface area contributed by atoms with Crippen LogP contribution in [0.4, 0.5) is 4.79 Å². The van der Waals surface area contributed by atoms with Crippen molar-refractivity contribution in [2.75, 3.05) is 12.4 Å². The Morgan fingerprint density at radius 3 is 3.04 bits per heavy atom. The minimum absolute atomic E-state index is 0.276. The fraction of sp³-hybridized carbons (Fsp3) is 0.333. The van der Waals surface area contributed by atoms with Gasteiger partial charge in [-0.1, -0.05) is 17.8 Å². The number of rotatable bonds is 5. The zero-order valence-corrected chi connectivity index (χ0v) is 14.1. The number of pyridine rings is 1. The van der Waals surface area contributed by atoms with Crippen molar-refractivity contribution in [3.05, 3.63) is 35.7 Å². The first kappa shape index (κ1) is 16.3. The number of esters is 1. The Morgan fingerprint density at radius 2 is 2.25 bits per heavy atom. The zero-order chi connectivity index (χ0) is 17.1. The number of carbonyl (C=O) groups excluding carboxylic acids is 2. The molecule has 1 aliphatic heterocycles. The average Bonchev–Trinajstić information content (AvgIpc) is 2.95. The molecule has 3 rings (SSSR count). The Bertz CT molecular complexity index is 816. The standard InChI is InChI=1S/C15H17N5O3S/c1-3-23-13(21)12-9(2)16-14(22)17-10(12)8-24-15-19-18-11-6-4-5-7-20(11)15/h4-7,9H,3,8H2,1-2H3,(H2,16,17,22). The number of thioether (sulfide) groups is 1. The van der Waals surface area contributed by atoms with Crippen molar-refractivity contribution in [1.29, 1.82) is 0 Å². The third-order valence-corrected chi connectivity index (χ3v) is 4.46. The molecule has 0 saturated carbocycles. The van der Waals surface area contributed by atoms with Crippen molar-refractivity contribution >= 4 is 29.4 Å².